The minimum Gasteiger partial charge on any atom is -0.497 e. The van der Waals surface area contributed by atoms with Crippen molar-refractivity contribution in [1.82, 2.24) is 9.55 Å². The van der Waals surface area contributed by atoms with Crippen LogP contribution in [0.4, 0.5) is 10.5 Å². The van der Waals surface area contributed by atoms with Crippen molar-refractivity contribution in [3.05, 3.63) is 83.3 Å². The summed E-state index contributed by atoms with van der Waals surface area (Å²) >= 11 is 0. The van der Waals surface area contributed by atoms with Crippen LogP contribution in [0.15, 0.2) is 77.7 Å². The van der Waals surface area contributed by atoms with Crippen LogP contribution in [0, 0.1) is 0 Å². The molecule has 1 amide bonds. The first kappa shape index (κ1) is 22.1. The van der Waals surface area contributed by atoms with Gasteiger partial charge >= 0.3 is 6.09 Å². The number of pyridine rings is 2. The van der Waals surface area contributed by atoms with E-state index in [-0.39, 0.29) is 11.2 Å². The van der Waals surface area contributed by atoms with E-state index in [0.717, 1.165) is 23.8 Å². The molecule has 0 atom stereocenters. The highest BCUT2D eigenvalue weighted by Crippen LogP contribution is 2.34. The standard InChI is InChI=1S/C26H25N3O4/c1-3-4-16-29-24-21(14-9-15-27-24)22(18-10-8-13-20(17-18)32-2)23(25(29)30)28-26(31)33-19-11-6-5-7-12-19/h5-15,17H,3-4,16H2,1-2H3,(H,28,31). The monoisotopic (exact) mass is 443 g/mol. The highest BCUT2D eigenvalue weighted by Gasteiger charge is 2.21. The van der Waals surface area contributed by atoms with Gasteiger partial charge in [0.1, 0.15) is 22.8 Å². The number of amides is 1. The molecule has 0 unspecified atom stereocenters. The molecule has 168 valence electrons. The van der Waals surface area contributed by atoms with Gasteiger partial charge in [-0.15, -0.1) is 0 Å². The van der Waals surface area contributed by atoms with Crippen molar-refractivity contribution in [2.45, 2.75) is 26.3 Å². The molecule has 7 heteroatoms. The van der Waals surface area contributed by atoms with Gasteiger partial charge in [0.25, 0.3) is 5.56 Å². The minimum atomic E-state index is -0.743. The summed E-state index contributed by atoms with van der Waals surface area (Å²) < 4.78 is 12.4. The normalized spacial score (nSPS) is 10.7. The largest absolute Gasteiger partial charge is 0.497 e. The van der Waals surface area contributed by atoms with Crippen LogP contribution >= 0.6 is 0 Å². The first-order valence-corrected chi connectivity index (χ1v) is 10.8. The van der Waals surface area contributed by atoms with Crippen molar-refractivity contribution in [1.29, 1.82) is 0 Å². The van der Waals surface area contributed by atoms with Crippen LogP contribution in [-0.4, -0.2) is 22.8 Å². The topological polar surface area (TPSA) is 82.5 Å². The Bertz CT molecular complexity index is 1330. The van der Waals surface area contributed by atoms with E-state index in [1.165, 1.54) is 0 Å². The fourth-order valence-corrected chi connectivity index (χ4v) is 3.72. The number of aryl methyl sites for hydroxylation is 1. The zero-order valence-electron chi connectivity index (χ0n) is 18.6. The van der Waals surface area contributed by atoms with E-state index in [9.17, 15) is 9.59 Å². The lowest BCUT2D eigenvalue weighted by molar-refractivity contribution is 0.215. The number of para-hydroxylation sites is 1. The van der Waals surface area contributed by atoms with Crippen LogP contribution in [0.3, 0.4) is 0 Å². The smallest absolute Gasteiger partial charge is 0.417 e. The van der Waals surface area contributed by atoms with Gasteiger partial charge in [-0.05, 0) is 48.4 Å². The second-order valence-electron chi connectivity index (χ2n) is 7.49. The Balaban J connectivity index is 1.91. The van der Waals surface area contributed by atoms with E-state index in [1.807, 2.05) is 42.5 Å². The molecule has 0 bridgehead atoms. The average molecular weight is 444 g/mol. The molecule has 0 radical (unpaired) electrons. The first-order chi connectivity index (χ1) is 16.1. The third kappa shape index (κ3) is 4.72. The molecule has 2 aromatic carbocycles. The Morgan fingerprint density at radius 3 is 2.58 bits per heavy atom. The first-order valence-electron chi connectivity index (χ1n) is 10.8. The van der Waals surface area contributed by atoms with E-state index in [2.05, 4.69) is 17.2 Å². The Morgan fingerprint density at radius 1 is 1.03 bits per heavy atom. The van der Waals surface area contributed by atoms with Crippen molar-refractivity contribution in [2.24, 2.45) is 0 Å². The second kappa shape index (κ2) is 9.99. The Kier molecular flexibility index (Phi) is 6.69. The summed E-state index contributed by atoms with van der Waals surface area (Å²) in [5.41, 5.74) is 1.66. The van der Waals surface area contributed by atoms with Crippen LogP contribution in [-0.2, 0) is 6.54 Å². The number of benzene rings is 2. The molecule has 7 nitrogen and oxygen atoms in total. The number of ether oxygens (including phenoxy) is 2. The summed E-state index contributed by atoms with van der Waals surface area (Å²) in [5, 5.41) is 3.46. The van der Waals surface area contributed by atoms with Gasteiger partial charge in [-0.25, -0.2) is 9.78 Å². The average Bonchev–Trinajstić information content (AvgIpc) is 2.85. The van der Waals surface area contributed by atoms with Crippen molar-refractivity contribution >= 4 is 22.8 Å². The SMILES string of the molecule is CCCCn1c(=O)c(NC(=O)Oc2ccccc2)c(-c2cccc(OC)c2)c2cccnc21. The second-order valence-corrected chi connectivity index (χ2v) is 7.49. The number of fused-ring (bicyclic) bond motifs is 1. The van der Waals surface area contributed by atoms with Crippen molar-refractivity contribution in [3.8, 4) is 22.6 Å². The van der Waals surface area contributed by atoms with E-state index in [0.29, 0.717) is 29.3 Å². The van der Waals surface area contributed by atoms with Gasteiger partial charge in [0.15, 0.2) is 0 Å². The fraction of sp³-hybridized carbons (Fsp3) is 0.192. The summed E-state index contributed by atoms with van der Waals surface area (Å²) in [4.78, 5) is 30.9. The zero-order chi connectivity index (χ0) is 23.2. The summed E-state index contributed by atoms with van der Waals surface area (Å²) in [5.74, 6) is 1.02. The Morgan fingerprint density at radius 2 is 1.82 bits per heavy atom. The molecule has 0 saturated carbocycles. The van der Waals surface area contributed by atoms with Gasteiger partial charge in [-0.2, -0.15) is 0 Å². The van der Waals surface area contributed by atoms with E-state index in [1.54, 1.807) is 42.1 Å². The quantitative estimate of drug-likeness (QED) is 0.409. The maximum absolute atomic E-state index is 13.6. The van der Waals surface area contributed by atoms with Crippen molar-refractivity contribution in [3.63, 3.8) is 0 Å². The number of nitrogens with zero attached hydrogens (tertiary/aromatic N) is 2. The molecule has 4 rings (SSSR count). The van der Waals surface area contributed by atoms with Gasteiger partial charge in [-0.3, -0.25) is 14.7 Å². The molecule has 0 spiro atoms. The number of aromatic nitrogens is 2. The zero-order valence-corrected chi connectivity index (χ0v) is 18.6. The van der Waals surface area contributed by atoms with Crippen LogP contribution in [0.2, 0.25) is 0 Å². The minimum absolute atomic E-state index is 0.140. The summed E-state index contributed by atoms with van der Waals surface area (Å²) in [6.45, 7) is 2.55. The number of anilines is 1. The lowest BCUT2D eigenvalue weighted by atomic mass is 10.00. The molecule has 0 saturated heterocycles. The van der Waals surface area contributed by atoms with E-state index in [4.69, 9.17) is 9.47 Å². The number of unbranched alkanes of at least 4 members (excludes halogenated alkanes) is 1. The van der Waals surface area contributed by atoms with Gasteiger partial charge in [0.2, 0.25) is 0 Å². The number of hydrogen-bond donors (Lipinski definition) is 1. The number of carbonyl (C=O) groups is 1. The summed E-state index contributed by atoms with van der Waals surface area (Å²) in [7, 11) is 1.58. The number of methoxy groups -OCH3 is 1. The van der Waals surface area contributed by atoms with Crippen LogP contribution in [0.1, 0.15) is 19.8 Å². The van der Waals surface area contributed by atoms with Gasteiger partial charge < -0.3 is 9.47 Å². The van der Waals surface area contributed by atoms with Crippen LogP contribution in [0.5, 0.6) is 11.5 Å². The lowest BCUT2D eigenvalue weighted by Gasteiger charge is -2.18. The lowest BCUT2D eigenvalue weighted by Crippen LogP contribution is -2.29. The number of nitrogens with one attached hydrogen (secondary N) is 1. The van der Waals surface area contributed by atoms with Crippen LogP contribution < -0.4 is 20.3 Å². The van der Waals surface area contributed by atoms with E-state index >= 15 is 0 Å². The Labute approximate surface area is 191 Å². The molecule has 0 fully saturated rings. The molecule has 4 aromatic rings. The Hall–Kier alpha value is -4.13. The highest BCUT2D eigenvalue weighted by molar-refractivity contribution is 6.03. The fourth-order valence-electron chi connectivity index (χ4n) is 3.72. The highest BCUT2D eigenvalue weighted by atomic mass is 16.6. The molecular weight excluding hydrogens is 418 g/mol. The third-order valence-corrected chi connectivity index (χ3v) is 5.30. The molecule has 2 aromatic heterocycles. The van der Waals surface area contributed by atoms with Crippen LogP contribution in [0.25, 0.3) is 22.2 Å². The molecule has 0 aliphatic rings. The number of hydrogen-bond acceptors (Lipinski definition) is 5. The maximum atomic E-state index is 13.6. The molecule has 33 heavy (non-hydrogen) atoms. The number of rotatable bonds is 7. The maximum Gasteiger partial charge on any atom is 0.417 e. The summed E-state index contributed by atoms with van der Waals surface area (Å²) in [6.07, 6.45) is 2.64. The third-order valence-electron chi connectivity index (χ3n) is 5.30. The van der Waals surface area contributed by atoms with Crippen molar-refractivity contribution < 1.29 is 14.3 Å². The van der Waals surface area contributed by atoms with Crippen molar-refractivity contribution in [2.75, 3.05) is 12.4 Å². The van der Waals surface area contributed by atoms with Gasteiger partial charge in [-0.1, -0.05) is 43.7 Å². The molecule has 0 aliphatic heterocycles. The predicted molar refractivity (Wildman–Crippen MR) is 129 cm³/mol. The summed E-state index contributed by atoms with van der Waals surface area (Å²) in [6, 6.07) is 19.8. The molecular formula is C26H25N3O4. The number of carbonyl (C=O) groups excluding carboxylic acids is 1. The van der Waals surface area contributed by atoms with Gasteiger partial charge in [0.05, 0.1) is 7.11 Å². The molecule has 1 N–H and O–H groups in total. The predicted octanol–water partition coefficient (Wildman–Crippen LogP) is 5.48. The molecule has 0 aliphatic carbocycles. The van der Waals surface area contributed by atoms with E-state index < -0.39 is 6.09 Å². The van der Waals surface area contributed by atoms with Gasteiger partial charge in [0, 0.05) is 23.7 Å². The molecule has 2 heterocycles.